The van der Waals surface area contributed by atoms with Crippen LogP contribution in [-0.2, 0) is 15.6 Å². The molecule has 2 aliphatic heterocycles. The van der Waals surface area contributed by atoms with E-state index in [9.17, 15) is 18.9 Å². The van der Waals surface area contributed by atoms with Crippen LogP contribution in [0.5, 0.6) is 0 Å². The molecule has 6 nitrogen and oxygen atoms in total. The van der Waals surface area contributed by atoms with E-state index >= 15 is 0 Å². The lowest BCUT2D eigenvalue weighted by Gasteiger charge is -2.42. The molecule has 0 aromatic carbocycles. The minimum atomic E-state index is -0.815. The fourth-order valence-corrected chi connectivity index (χ4v) is 4.34. The number of aliphatic carboxylic acids is 1. The van der Waals surface area contributed by atoms with Crippen molar-refractivity contribution in [1.82, 2.24) is 9.80 Å². The van der Waals surface area contributed by atoms with Gasteiger partial charge in [-0.25, -0.2) is 4.79 Å². The van der Waals surface area contributed by atoms with E-state index in [1.54, 1.807) is 9.80 Å². The molecule has 7 heteroatoms. The van der Waals surface area contributed by atoms with Crippen LogP contribution in [0.2, 0.25) is 0 Å². The Kier molecular flexibility index (Phi) is 5.24. The van der Waals surface area contributed by atoms with Crippen LogP contribution in [0.15, 0.2) is 0 Å². The summed E-state index contributed by atoms with van der Waals surface area (Å²) >= 11 is 0. The number of hydrogen-bond donors (Lipinski definition) is 1. The first-order chi connectivity index (χ1) is 9.98. The number of piperidine rings is 1. The summed E-state index contributed by atoms with van der Waals surface area (Å²) in [5.74, 6) is 0.263. The molecule has 2 aliphatic rings. The second kappa shape index (κ2) is 6.77. The van der Waals surface area contributed by atoms with Gasteiger partial charge >= 0.3 is 12.0 Å². The summed E-state index contributed by atoms with van der Waals surface area (Å²) in [7, 11) is -0.815. The van der Waals surface area contributed by atoms with E-state index in [0.29, 0.717) is 50.5 Å². The van der Waals surface area contributed by atoms with Crippen molar-refractivity contribution >= 4 is 22.8 Å². The molecule has 2 fully saturated rings. The Balaban J connectivity index is 2.04. The number of rotatable bonds is 3. The van der Waals surface area contributed by atoms with Gasteiger partial charge in [-0.15, -0.1) is 0 Å². The predicted molar refractivity (Wildman–Crippen MR) is 80.6 cm³/mol. The number of carboxylic acids is 1. The molecule has 0 saturated carbocycles. The third-order valence-corrected chi connectivity index (χ3v) is 5.75. The average molecular weight is 316 g/mol. The summed E-state index contributed by atoms with van der Waals surface area (Å²) < 4.78 is 11.4. The van der Waals surface area contributed by atoms with Crippen LogP contribution in [-0.4, -0.2) is 68.8 Å². The molecule has 2 heterocycles. The molecule has 0 spiro atoms. The predicted octanol–water partition coefficient (Wildman–Crippen LogP) is 1.14. The van der Waals surface area contributed by atoms with Crippen molar-refractivity contribution in [2.24, 2.45) is 5.41 Å². The quantitative estimate of drug-likeness (QED) is 0.847. The summed E-state index contributed by atoms with van der Waals surface area (Å²) in [6.45, 7) is 3.92. The lowest BCUT2D eigenvalue weighted by atomic mass is 9.76. The van der Waals surface area contributed by atoms with Gasteiger partial charge in [0, 0.05) is 48.5 Å². The van der Waals surface area contributed by atoms with Crippen LogP contribution in [0, 0.1) is 5.41 Å². The standard InChI is InChI=1S/C14H24N2O4S/c1-2-4-14(12(17)18)5-3-6-16(11-14)13(19)15-7-9-21(20)10-8-15/h2-11H2,1H3,(H,17,18). The molecule has 120 valence electrons. The molecule has 2 rings (SSSR count). The van der Waals surface area contributed by atoms with Crippen LogP contribution in [0.4, 0.5) is 4.79 Å². The number of likely N-dealkylation sites (tertiary alicyclic amines) is 1. The van der Waals surface area contributed by atoms with Gasteiger partial charge in [-0.3, -0.25) is 9.00 Å². The number of amides is 2. The van der Waals surface area contributed by atoms with Crippen LogP contribution in [0.3, 0.4) is 0 Å². The Morgan fingerprint density at radius 2 is 1.86 bits per heavy atom. The molecule has 1 unspecified atom stereocenters. The number of carbonyl (C=O) groups excluding carboxylic acids is 1. The van der Waals surface area contributed by atoms with Crippen molar-refractivity contribution in [3.05, 3.63) is 0 Å². The van der Waals surface area contributed by atoms with Crippen molar-refractivity contribution in [1.29, 1.82) is 0 Å². The maximum Gasteiger partial charge on any atom is 0.320 e. The summed E-state index contributed by atoms with van der Waals surface area (Å²) in [6, 6.07) is -0.0897. The summed E-state index contributed by atoms with van der Waals surface area (Å²) in [5.41, 5.74) is -0.790. The third kappa shape index (κ3) is 3.56. The Morgan fingerprint density at radius 1 is 1.19 bits per heavy atom. The van der Waals surface area contributed by atoms with Gasteiger partial charge in [-0.2, -0.15) is 0 Å². The highest BCUT2D eigenvalue weighted by molar-refractivity contribution is 7.85. The topological polar surface area (TPSA) is 77.9 Å². The maximum atomic E-state index is 12.5. The highest BCUT2D eigenvalue weighted by Crippen LogP contribution is 2.35. The van der Waals surface area contributed by atoms with E-state index in [0.717, 1.165) is 12.8 Å². The molecule has 21 heavy (non-hydrogen) atoms. The molecule has 0 bridgehead atoms. The summed E-state index contributed by atoms with van der Waals surface area (Å²) in [6.07, 6.45) is 2.79. The molecule has 2 amide bonds. The SMILES string of the molecule is CCCC1(C(=O)O)CCCN(C(=O)N2CCS(=O)CC2)C1. The molecular weight excluding hydrogens is 292 g/mol. The average Bonchev–Trinajstić information content (AvgIpc) is 2.48. The molecule has 1 atom stereocenters. The van der Waals surface area contributed by atoms with E-state index in [-0.39, 0.29) is 6.03 Å². The maximum absolute atomic E-state index is 12.5. The first kappa shape index (κ1) is 16.3. The lowest BCUT2D eigenvalue weighted by molar-refractivity contribution is -0.152. The van der Waals surface area contributed by atoms with Crippen molar-refractivity contribution in [2.75, 3.05) is 37.7 Å². The third-order valence-electron chi connectivity index (χ3n) is 4.48. The number of urea groups is 1. The van der Waals surface area contributed by atoms with Crippen LogP contribution >= 0.6 is 0 Å². The van der Waals surface area contributed by atoms with E-state index in [2.05, 4.69) is 0 Å². The normalized spacial score (nSPS) is 27.7. The Labute approximate surface area is 127 Å². The zero-order valence-corrected chi connectivity index (χ0v) is 13.4. The van der Waals surface area contributed by atoms with Gasteiger partial charge in [-0.05, 0) is 19.3 Å². The lowest BCUT2D eigenvalue weighted by Crippen LogP contribution is -2.55. The van der Waals surface area contributed by atoms with Crippen molar-refractivity contribution in [3.63, 3.8) is 0 Å². The van der Waals surface area contributed by atoms with Gasteiger partial charge in [0.2, 0.25) is 0 Å². The van der Waals surface area contributed by atoms with Crippen molar-refractivity contribution < 1.29 is 18.9 Å². The zero-order chi connectivity index (χ0) is 15.5. The Hall–Kier alpha value is -1.11. The highest BCUT2D eigenvalue weighted by atomic mass is 32.2. The minimum absolute atomic E-state index is 0.0897. The van der Waals surface area contributed by atoms with E-state index in [4.69, 9.17) is 0 Å². The smallest absolute Gasteiger partial charge is 0.320 e. The number of hydrogen-bond acceptors (Lipinski definition) is 3. The van der Waals surface area contributed by atoms with E-state index in [1.165, 1.54) is 0 Å². The van der Waals surface area contributed by atoms with E-state index < -0.39 is 22.2 Å². The van der Waals surface area contributed by atoms with Crippen LogP contribution in [0.25, 0.3) is 0 Å². The van der Waals surface area contributed by atoms with Gasteiger partial charge in [0.1, 0.15) is 0 Å². The largest absolute Gasteiger partial charge is 0.481 e. The molecule has 0 aromatic rings. The molecule has 0 radical (unpaired) electrons. The first-order valence-electron chi connectivity index (χ1n) is 7.61. The zero-order valence-electron chi connectivity index (χ0n) is 12.5. The van der Waals surface area contributed by atoms with Gasteiger partial charge in [0.05, 0.1) is 5.41 Å². The fraction of sp³-hybridized carbons (Fsp3) is 0.857. The second-order valence-corrected chi connectivity index (χ2v) is 7.67. The summed E-state index contributed by atoms with van der Waals surface area (Å²) in [4.78, 5) is 27.6. The Morgan fingerprint density at radius 3 is 2.43 bits per heavy atom. The monoisotopic (exact) mass is 316 g/mol. The summed E-state index contributed by atoms with van der Waals surface area (Å²) in [5, 5.41) is 9.57. The molecule has 0 aromatic heterocycles. The van der Waals surface area contributed by atoms with Gasteiger partial charge in [0.15, 0.2) is 0 Å². The van der Waals surface area contributed by atoms with Gasteiger partial charge in [0.25, 0.3) is 0 Å². The van der Waals surface area contributed by atoms with Crippen LogP contribution in [0.1, 0.15) is 32.6 Å². The van der Waals surface area contributed by atoms with Gasteiger partial charge < -0.3 is 14.9 Å². The van der Waals surface area contributed by atoms with E-state index in [1.807, 2.05) is 6.92 Å². The second-order valence-electron chi connectivity index (χ2n) is 5.98. The van der Waals surface area contributed by atoms with Crippen molar-refractivity contribution in [2.45, 2.75) is 32.6 Å². The first-order valence-corrected chi connectivity index (χ1v) is 9.09. The fourth-order valence-electron chi connectivity index (χ4n) is 3.29. The Bertz CT molecular complexity index is 429. The van der Waals surface area contributed by atoms with Crippen LogP contribution < -0.4 is 0 Å². The number of carbonyl (C=O) groups is 2. The molecule has 0 aliphatic carbocycles. The highest BCUT2D eigenvalue weighted by Gasteiger charge is 2.43. The molecule has 1 N–H and O–H groups in total. The molecule has 2 saturated heterocycles. The number of carboxylic acid groups (broad SMARTS) is 1. The van der Waals surface area contributed by atoms with Crippen molar-refractivity contribution in [3.8, 4) is 0 Å². The number of nitrogens with zero attached hydrogens (tertiary/aromatic N) is 2. The van der Waals surface area contributed by atoms with Gasteiger partial charge in [-0.1, -0.05) is 13.3 Å². The molecular formula is C14H24N2O4S. The minimum Gasteiger partial charge on any atom is -0.481 e.